The van der Waals surface area contributed by atoms with Crippen LogP contribution in [0.5, 0.6) is 0 Å². The fraction of sp³-hybridized carbons (Fsp3) is 0.684. The highest BCUT2D eigenvalue weighted by molar-refractivity contribution is 8.13. The molecule has 0 aliphatic carbocycles. The van der Waals surface area contributed by atoms with Gasteiger partial charge in [-0.05, 0) is 13.3 Å². The van der Waals surface area contributed by atoms with Gasteiger partial charge in [-0.2, -0.15) is 4.98 Å². The summed E-state index contributed by atoms with van der Waals surface area (Å²) in [6.45, 7) is 6.67. The molecule has 13 nitrogen and oxygen atoms in total. The van der Waals surface area contributed by atoms with Crippen molar-refractivity contribution in [3.05, 3.63) is 16.7 Å². The number of carbonyl (C=O) groups is 1. The Morgan fingerprint density at radius 2 is 2.18 bits per heavy atom. The van der Waals surface area contributed by atoms with Crippen molar-refractivity contribution in [2.75, 3.05) is 24.7 Å². The number of H-pyrrole nitrogens is 1. The highest BCUT2D eigenvalue weighted by atomic mass is 32.2. The molecule has 1 fully saturated rings. The van der Waals surface area contributed by atoms with E-state index in [9.17, 15) is 24.4 Å². The zero-order chi connectivity index (χ0) is 25.3. The highest BCUT2D eigenvalue weighted by Crippen LogP contribution is 2.40. The van der Waals surface area contributed by atoms with E-state index in [1.165, 1.54) is 17.8 Å². The normalized spacial score (nSPS) is 25.7. The van der Waals surface area contributed by atoms with Crippen LogP contribution >= 0.6 is 20.0 Å². The Hall–Kier alpha value is -1.93. The van der Waals surface area contributed by atoms with Crippen molar-refractivity contribution in [2.24, 2.45) is 5.41 Å². The van der Waals surface area contributed by atoms with Crippen LogP contribution in [0.15, 0.2) is 11.1 Å². The van der Waals surface area contributed by atoms with Crippen molar-refractivity contribution < 1.29 is 33.4 Å². The zero-order valence-corrected chi connectivity index (χ0v) is 21.0. The first-order valence-electron chi connectivity index (χ1n) is 10.6. The number of aromatic nitrogens is 4. The van der Waals surface area contributed by atoms with Crippen LogP contribution in [-0.2, 0) is 23.1 Å². The minimum atomic E-state index is -2.55. The average molecular weight is 519 g/mol. The van der Waals surface area contributed by atoms with Gasteiger partial charge in [0, 0.05) is 15.7 Å². The molecule has 0 amide bonds. The van der Waals surface area contributed by atoms with Crippen LogP contribution < -0.4 is 11.3 Å². The van der Waals surface area contributed by atoms with Gasteiger partial charge in [0.25, 0.3) is 5.56 Å². The number of nitrogens with zero attached hydrogens (tertiary/aromatic N) is 3. The lowest BCUT2D eigenvalue weighted by Crippen LogP contribution is -2.44. The summed E-state index contributed by atoms with van der Waals surface area (Å²) in [5, 5.41) is 21.5. The summed E-state index contributed by atoms with van der Waals surface area (Å²) in [4.78, 5) is 34.4. The van der Waals surface area contributed by atoms with Crippen LogP contribution in [0.4, 0.5) is 5.95 Å². The molecule has 34 heavy (non-hydrogen) atoms. The Bertz CT molecular complexity index is 1120. The first kappa shape index (κ1) is 26.7. The largest absolute Gasteiger partial charge is 0.697 e. The van der Waals surface area contributed by atoms with E-state index >= 15 is 0 Å². The average Bonchev–Trinajstić information content (AvgIpc) is 3.28. The van der Waals surface area contributed by atoms with Gasteiger partial charge in [0.15, 0.2) is 22.5 Å². The maximum atomic E-state index is 12.1. The minimum Gasteiger partial charge on any atom is -0.387 e. The SMILES string of the molecule is CCC(C)(C)C(=O)SCCO[P+](=O)OC[C@H]1OC(n2cnc3c(=O)[nH]c(N)nc32)[C@@](C)(O)C1O. The molecule has 0 spiro atoms. The first-order valence-corrected chi connectivity index (χ1v) is 12.6. The molecule has 3 unspecified atom stereocenters. The Labute approximate surface area is 200 Å². The van der Waals surface area contributed by atoms with Gasteiger partial charge >= 0.3 is 8.25 Å². The number of aliphatic hydroxyl groups is 2. The van der Waals surface area contributed by atoms with Crippen LogP contribution in [0.2, 0.25) is 0 Å². The standard InChI is InChI=1S/C19H28N5O8PS/c1-5-18(2,3)16(27)34-7-6-30-33(29)31-8-10-12(25)19(4,28)15(32-10)24-9-21-11-13(24)22-17(20)23-14(11)26/h9-10,12,15,25,28H,5-8H2,1-4H3,(H2-,20,22,23,26)/p+1/t10-,12?,15?,19+/m1/s1. The molecular formula is C19H29N5O8PS+. The third-order valence-electron chi connectivity index (χ3n) is 5.75. The van der Waals surface area contributed by atoms with E-state index in [1.807, 2.05) is 20.8 Å². The van der Waals surface area contributed by atoms with Crippen LogP contribution in [0.25, 0.3) is 11.2 Å². The predicted octanol–water partition coefficient (Wildman–Crippen LogP) is 1.10. The van der Waals surface area contributed by atoms with Crippen molar-refractivity contribution in [2.45, 2.75) is 58.2 Å². The number of hydrogen-bond donors (Lipinski definition) is 4. The molecule has 2 aromatic heterocycles. The molecule has 5 N–H and O–H groups in total. The molecular weight excluding hydrogens is 489 g/mol. The predicted molar refractivity (Wildman–Crippen MR) is 124 cm³/mol. The van der Waals surface area contributed by atoms with E-state index in [4.69, 9.17) is 19.5 Å². The van der Waals surface area contributed by atoms with Crippen LogP contribution in [0, 0.1) is 5.41 Å². The van der Waals surface area contributed by atoms with E-state index in [0.29, 0.717) is 12.2 Å². The second-order valence-electron chi connectivity index (χ2n) is 8.70. The van der Waals surface area contributed by atoms with Gasteiger partial charge in [-0.15, -0.1) is 9.05 Å². The number of ether oxygens (including phenoxy) is 1. The summed E-state index contributed by atoms with van der Waals surface area (Å²) < 4.78 is 29.4. The number of nitrogens with one attached hydrogen (secondary N) is 1. The number of fused-ring (bicyclic) bond motifs is 1. The summed E-state index contributed by atoms with van der Waals surface area (Å²) in [5.41, 5.74) is 2.82. The molecule has 2 aromatic rings. The van der Waals surface area contributed by atoms with Crippen molar-refractivity contribution in [3.8, 4) is 0 Å². The number of rotatable bonds is 10. The van der Waals surface area contributed by atoms with E-state index in [1.54, 1.807) is 0 Å². The number of carbonyl (C=O) groups excluding carboxylic acids is 1. The number of aromatic amines is 1. The Balaban J connectivity index is 1.57. The van der Waals surface area contributed by atoms with Gasteiger partial charge in [0.2, 0.25) is 5.95 Å². The number of nitrogen functional groups attached to an aromatic ring is 1. The quantitative estimate of drug-likeness (QED) is 0.259. The van der Waals surface area contributed by atoms with E-state index < -0.39 is 43.3 Å². The lowest BCUT2D eigenvalue weighted by atomic mass is 9.92. The van der Waals surface area contributed by atoms with Crippen molar-refractivity contribution in [1.29, 1.82) is 0 Å². The summed E-state index contributed by atoms with van der Waals surface area (Å²) in [5.74, 6) is 0.166. The zero-order valence-electron chi connectivity index (χ0n) is 19.3. The summed E-state index contributed by atoms with van der Waals surface area (Å²) in [7, 11) is -2.55. The molecule has 1 saturated heterocycles. The Morgan fingerprint density at radius 1 is 1.47 bits per heavy atom. The van der Waals surface area contributed by atoms with Crippen LogP contribution in [-0.4, -0.2) is 71.6 Å². The van der Waals surface area contributed by atoms with Gasteiger partial charge in [0.05, 0.1) is 6.33 Å². The lowest BCUT2D eigenvalue weighted by molar-refractivity contribution is -0.118. The first-order chi connectivity index (χ1) is 15.9. The van der Waals surface area contributed by atoms with Crippen molar-refractivity contribution in [1.82, 2.24) is 19.5 Å². The molecule has 15 heteroatoms. The maximum Gasteiger partial charge on any atom is 0.697 e. The number of imidazole rings is 1. The third kappa shape index (κ3) is 5.48. The maximum absolute atomic E-state index is 12.1. The van der Waals surface area contributed by atoms with Crippen molar-refractivity contribution in [3.63, 3.8) is 0 Å². The molecule has 5 atom stereocenters. The molecule has 0 radical (unpaired) electrons. The Kier molecular flexibility index (Phi) is 8.13. The Morgan fingerprint density at radius 3 is 2.85 bits per heavy atom. The van der Waals surface area contributed by atoms with Gasteiger partial charge < -0.3 is 20.7 Å². The number of hydrogen-bond acceptors (Lipinski definition) is 12. The monoisotopic (exact) mass is 518 g/mol. The van der Waals surface area contributed by atoms with Crippen molar-refractivity contribution >= 4 is 42.2 Å². The molecule has 1 aliphatic rings. The third-order valence-corrected chi connectivity index (χ3v) is 7.69. The molecule has 0 aromatic carbocycles. The molecule has 3 rings (SSSR count). The summed E-state index contributed by atoms with van der Waals surface area (Å²) in [6.07, 6.45) is -1.73. The highest BCUT2D eigenvalue weighted by Gasteiger charge is 2.54. The summed E-state index contributed by atoms with van der Waals surface area (Å²) >= 11 is 1.10. The second kappa shape index (κ2) is 10.4. The number of aliphatic hydroxyl groups excluding tert-OH is 1. The lowest BCUT2D eigenvalue weighted by Gasteiger charge is -2.27. The number of nitrogens with two attached hydrogens (primary N) is 1. The van der Waals surface area contributed by atoms with Crippen LogP contribution in [0.3, 0.4) is 0 Å². The molecule has 3 heterocycles. The summed E-state index contributed by atoms with van der Waals surface area (Å²) in [6, 6.07) is 0. The van der Waals surface area contributed by atoms with Gasteiger partial charge in [-0.25, -0.2) is 4.98 Å². The second-order valence-corrected chi connectivity index (χ2v) is 10.7. The molecule has 0 saturated carbocycles. The fourth-order valence-electron chi connectivity index (χ4n) is 3.25. The van der Waals surface area contributed by atoms with E-state index in [-0.39, 0.29) is 35.4 Å². The van der Waals surface area contributed by atoms with Gasteiger partial charge in [-0.3, -0.25) is 19.1 Å². The smallest absolute Gasteiger partial charge is 0.387 e. The van der Waals surface area contributed by atoms with E-state index in [0.717, 1.165) is 11.8 Å². The molecule has 1 aliphatic heterocycles. The minimum absolute atomic E-state index is 0.0158. The number of thioether (sulfide) groups is 1. The molecule has 188 valence electrons. The van der Waals surface area contributed by atoms with E-state index in [2.05, 4.69) is 15.0 Å². The topological polar surface area (TPSA) is 192 Å². The van der Waals surface area contributed by atoms with Crippen LogP contribution in [0.1, 0.15) is 40.3 Å². The number of anilines is 1. The fourth-order valence-corrected chi connectivity index (χ4v) is 4.84. The van der Waals surface area contributed by atoms with Gasteiger partial charge in [-0.1, -0.05) is 32.5 Å². The molecule has 0 bridgehead atoms. The van der Waals surface area contributed by atoms with Gasteiger partial charge in [0.1, 0.15) is 31.0 Å².